The molecule has 0 bridgehead atoms. The molecule has 27 heavy (non-hydrogen) atoms. The van der Waals surface area contributed by atoms with E-state index in [2.05, 4.69) is 20.6 Å². The van der Waals surface area contributed by atoms with Gasteiger partial charge in [-0.05, 0) is 24.6 Å². The molecule has 1 aromatic heterocycles. The van der Waals surface area contributed by atoms with Crippen molar-refractivity contribution < 1.29 is 22.6 Å². The smallest absolute Gasteiger partial charge is 0.434 e. The van der Waals surface area contributed by atoms with Gasteiger partial charge in [-0.3, -0.25) is 4.99 Å². The number of hydrogen-bond donors (Lipinski definition) is 2. The summed E-state index contributed by atoms with van der Waals surface area (Å²) in [5, 5.41) is 7.36. The lowest BCUT2D eigenvalue weighted by atomic mass is 10.2. The second-order valence-electron chi connectivity index (χ2n) is 5.32. The quantitative estimate of drug-likeness (QED) is 0.549. The summed E-state index contributed by atoms with van der Waals surface area (Å²) in [6.07, 6.45) is -4.43. The minimum Gasteiger partial charge on any atom is -0.493 e. The Morgan fingerprint density at radius 3 is 2.56 bits per heavy atom. The van der Waals surface area contributed by atoms with Gasteiger partial charge in [0.1, 0.15) is 5.01 Å². The van der Waals surface area contributed by atoms with Crippen molar-refractivity contribution in [3.63, 3.8) is 0 Å². The van der Waals surface area contributed by atoms with Gasteiger partial charge < -0.3 is 20.1 Å². The molecule has 0 amide bonds. The summed E-state index contributed by atoms with van der Waals surface area (Å²) < 4.78 is 48.5. The maximum absolute atomic E-state index is 12.6. The van der Waals surface area contributed by atoms with Crippen molar-refractivity contribution in [2.75, 3.05) is 20.8 Å². The Kier molecular flexibility index (Phi) is 7.28. The monoisotopic (exact) mass is 402 g/mol. The number of nitrogens with zero attached hydrogens (tertiary/aromatic N) is 2. The zero-order valence-electron chi connectivity index (χ0n) is 15.2. The number of methoxy groups -OCH3 is 1. The Bertz CT molecular complexity index is 778. The minimum atomic E-state index is -4.43. The second kappa shape index (κ2) is 9.45. The zero-order chi connectivity index (χ0) is 19.9. The van der Waals surface area contributed by atoms with Crippen LogP contribution in [-0.4, -0.2) is 31.7 Å². The number of benzene rings is 1. The average molecular weight is 402 g/mol. The fourth-order valence-corrected chi connectivity index (χ4v) is 2.93. The molecule has 0 unspecified atom stereocenters. The summed E-state index contributed by atoms with van der Waals surface area (Å²) in [4.78, 5) is 7.63. The fourth-order valence-electron chi connectivity index (χ4n) is 2.18. The summed E-state index contributed by atoms with van der Waals surface area (Å²) >= 11 is 0.948. The van der Waals surface area contributed by atoms with Crippen molar-refractivity contribution in [2.45, 2.75) is 26.2 Å². The highest BCUT2D eigenvalue weighted by molar-refractivity contribution is 7.09. The number of aliphatic imine (C=N–C) groups is 1. The van der Waals surface area contributed by atoms with Gasteiger partial charge in [0.25, 0.3) is 0 Å². The predicted molar refractivity (Wildman–Crippen MR) is 98.3 cm³/mol. The van der Waals surface area contributed by atoms with E-state index in [0.717, 1.165) is 22.3 Å². The van der Waals surface area contributed by atoms with Crippen LogP contribution >= 0.6 is 11.3 Å². The molecule has 148 valence electrons. The first-order valence-corrected chi connectivity index (χ1v) is 9.01. The number of guanidine groups is 1. The van der Waals surface area contributed by atoms with E-state index in [9.17, 15) is 13.2 Å². The molecule has 0 aliphatic heterocycles. The van der Waals surface area contributed by atoms with Crippen molar-refractivity contribution in [1.82, 2.24) is 15.6 Å². The van der Waals surface area contributed by atoms with Crippen LogP contribution in [0.2, 0.25) is 0 Å². The lowest BCUT2D eigenvalue weighted by molar-refractivity contribution is -0.140. The molecular weight excluding hydrogens is 381 g/mol. The molecule has 0 atom stereocenters. The SMILES string of the molecule is CCOc1ccc(CNC(=NC)NCc2nc(C(F)(F)F)cs2)cc1OC. The standard InChI is InChI=1S/C17H21F3N4O2S/c1-4-26-12-6-5-11(7-13(12)25-3)8-22-16(21-2)23-9-15-24-14(10-27-15)17(18,19)20/h5-7,10H,4,8-9H2,1-3H3,(H2,21,22,23). The molecule has 0 saturated carbocycles. The van der Waals surface area contributed by atoms with E-state index in [1.165, 1.54) is 0 Å². The number of halogens is 3. The lowest BCUT2D eigenvalue weighted by Gasteiger charge is -2.13. The molecule has 2 aromatic rings. The molecule has 1 heterocycles. The van der Waals surface area contributed by atoms with E-state index in [4.69, 9.17) is 9.47 Å². The number of ether oxygens (including phenoxy) is 2. The van der Waals surface area contributed by atoms with Gasteiger partial charge in [-0.15, -0.1) is 11.3 Å². The first-order chi connectivity index (χ1) is 12.9. The number of hydrogen-bond acceptors (Lipinski definition) is 5. The van der Waals surface area contributed by atoms with E-state index >= 15 is 0 Å². The van der Waals surface area contributed by atoms with Gasteiger partial charge >= 0.3 is 6.18 Å². The van der Waals surface area contributed by atoms with Crippen molar-refractivity contribution in [2.24, 2.45) is 4.99 Å². The number of thiazole rings is 1. The van der Waals surface area contributed by atoms with Gasteiger partial charge in [-0.25, -0.2) is 4.98 Å². The molecule has 0 aliphatic carbocycles. The molecule has 0 fully saturated rings. The number of alkyl halides is 3. The number of nitrogens with one attached hydrogen (secondary N) is 2. The van der Waals surface area contributed by atoms with Crippen LogP contribution in [0.25, 0.3) is 0 Å². The van der Waals surface area contributed by atoms with Crippen molar-refractivity contribution in [1.29, 1.82) is 0 Å². The van der Waals surface area contributed by atoms with Gasteiger partial charge in [0, 0.05) is 19.0 Å². The number of aromatic nitrogens is 1. The Morgan fingerprint density at radius 1 is 1.22 bits per heavy atom. The van der Waals surface area contributed by atoms with E-state index in [1.54, 1.807) is 14.2 Å². The summed E-state index contributed by atoms with van der Waals surface area (Å²) in [6.45, 7) is 3.03. The molecule has 0 saturated heterocycles. The first-order valence-electron chi connectivity index (χ1n) is 8.13. The van der Waals surface area contributed by atoms with Crippen LogP contribution in [-0.2, 0) is 19.3 Å². The summed E-state index contributed by atoms with van der Waals surface area (Å²) in [7, 11) is 3.15. The molecule has 0 spiro atoms. The predicted octanol–water partition coefficient (Wildman–Crippen LogP) is 3.43. The van der Waals surface area contributed by atoms with Crippen LogP contribution < -0.4 is 20.1 Å². The molecular formula is C17H21F3N4O2S. The maximum atomic E-state index is 12.6. The van der Waals surface area contributed by atoms with Gasteiger partial charge in [0.05, 0.1) is 20.3 Å². The van der Waals surface area contributed by atoms with E-state index in [-0.39, 0.29) is 6.54 Å². The first kappa shape index (κ1) is 20.8. The van der Waals surface area contributed by atoms with Crippen LogP contribution in [0.1, 0.15) is 23.2 Å². The van der Waals surface area contributed by atoms with Gasteiger partial charge in [0.15, 0.2) is 23.2 Å². The highest BCUT2D eigenvalue weighted by Gasteiger charge is 2.33. The highest BCUT2D eigenvalue weighted by Crippen LogP contribution is 2.30. The van der Waals surface area contributed by atoms with E-state index in [1.807, 2.05) is 25.1 Å². The van der Waals surface area contributed by atoms with Gasteiger partial charge in [-0.1, -0.05) is 6.07 Å². The second-order valence-corrected chi connectivity index (χ2v) is 6.26. The Labute approximate surface area is 159 Å². The van der Waals surface area contributed by atoms with Crippen molar-refractivity contribution in [3.05, 3.63) is 39.8 Å². The summed E-state index contributed by atoms with van der Waals surface area (Å²) in [5.41, 5.74) is 0.0561. The molecule has 2 N–H and O–H groups in total. The zero-order valence-corrected chi connectivity index (χ0v) is 16.0. The Balaban J connectivity index is 1.91. The Morgan fingerprint density at radius 2 is 1.96 bits per heavy atom. The molecule has 2 rings (SSSR count). The summed E-state index contributed by atoms with van der Waals surface area (Å²) in [5.74, 6) is 1.74. The van der Waals surface area contributed by atoms with Gasteiger partial charge in [-0.2, -0.15) is 13.2 Å². The van der Waals surface area contributed by atoms with E-state index in [0.29, 0.717) is 35.6 Å². The van der Waals surface area contributed by atoms with Crippen LogP contribution in [0.4, 0.5) is 13.2 Å². The topological polar surface area (TPSA) is 67.8 Å². The third kappa shape index (κ3) is 6.02. The average Bonchev–Trinajstić information content (AvgIpc) is 3.12. The number of rotatable bonds is 7. The largest absolute Gasteiger partial charge is 0.493 e. The summed E-state index contributed by atoms with van der Waals surface area (Å²) in [6, 6.07) is 5.57. The molecule has 10 heteroatoms. The van der Waals surface area contributed by atoms with E-state index < -0.39 is 11.9 Å². The molecule has 0 aliphatic rings. The fraction of sp³-hybridized carbons (Fsp3) is 0.412. The molecule has 0 radical (unpaired) electrons. The van der Waals surface area contributed by atoms with Crippen LogP contribution in [0.15, 0.2) is 28.6 Å². The molecule has 6 nitrogen and oxygen atoms in total. The van der Waals surface area contributed by atoms with Crippen LogP contribution in [0, 0.1) is 0 Å². The van der Waals surface area contributed by atoms with Crippen LogP contribution in [0.3, 0.4) is 0 Å². The van der Waals surface area contributed by atoms with Crippen LogP contribution in [0.5, 0.6) is 11.5 Å². The van der Waals surface area contributed by atoms with Crippen molar-refractivity contribution >= 4 is 17.3 Å². The highest BCUT2D eigenvalue weighted by atomic mass is 32.1. The van der Waals surface area contributed by atoms with Crippen molar-refractivity contribution in [3.8, 4) is 11.5 Å². The third-order valence-corrected chi connectivity index (χ3v) is 4.31. The maximum Gasteiger partial charge on any atom is 0.434 e. The minimum absolute atomic E-state index is 0.146. The Hall–Kier alpha value is -2.49. The third-order valence-electron chi connectivity index (χ3n) is 3.46. The normalized spacial score (nSPS) is 12.0. The molecule has 1 aromatic carbocycles. The van der Waals surface area contributed by atoms with Gasteiger partial charge in [0.2, 0.25) is 0 Å². The lowest BCUT2D eigenvalue weighted by Crippen LogP contribution is -2.36.